The highest BCUT2D eigenvalue weighted by atomic mass is 16.6. The van der Waals surface area contributed by atoms with E-state index in [1.807, 2.05) is 0 Å². The third kappa shape index (κ3) is 3.67. The van der Waals surface area contributed by atoms with E-state index in [1.165, 1.54) is 13.1 Å². The van der Waals surface area contributed by atoms with Crippen LogP contribution in [0.2, 0.25) is 0 Å². The Morgan fingerprint density at radius 3 is 2.87 bits per heavy atom. The largest absolute Gasteiger partial charge is 0.394 e. The van der Waals surface area contributed by atoms with Crippen LogP contribution in [0.25, 0.3) is 0 Å². The molecule has 10 heteroatoms. The molecule has 4 atom stereocenters. The second-order valence-corrected chi connectivity index (χ2v) is 5.01. The summed E-state index contributed by atoms with van der Waals surface area (Å²) >= 11 is 0. The zero-order valence-electron chi connectivity index (χ0n) is 12.5. The molecule has 1 saturated heterocycles. The molecule has 3 N–H and O–H groups in total. The standard InChI is InChI=1S/C13H19N3O7/c1-7-5-16(13(20)15-11(7)19)12-10(21-3-4-22-14-2)9(18)8(6-17)23-12/h5,8-10,12,17-18H,2-4,6H2,1H3,(H,15,19,20)/t8-,9-,10-,12-/m1/s1. The quantitative estimate of drug-likeness (QED) is 0.302. The fraction of sp³-hybridized carbons (Fsp3) is 0.615. The van der Waals surface area contributed by atoms with Gasteiger partial charge in [-0.05, 0) is 6.92 Å². The van der Waals surface area contributed by atoms with Crippen LogP contribution in [0, 0.1) is 6.92 Å². The Bertz CT molecular complexity index is 656. The Kier molecular flexibility index (Phi) is 5.66. The van der Waals surface area contributed by atoms with Gasteiger partial charge in [-0.15, -0.1) is 5.16 Å². The summed E-state index contributed by atoms with van der Waals surface area (Å²) in [6.45, 7) is 4.40. The number of hydrogen-bond acceptors (Lipinski definition) is 8. The van der Waals surface area contributed by atoms with E-state index < -0.39 is 42.4 Å². The van der Waals surface area contributed by atoms with Gasteiger partial charge in [0.15, 0.2) is 6.23 Å². The Morgan fingerprint density at radius 1 is 1.48 bits per heavy atom. The molecule has 23 heavy (non-hydrogen) atoms. The Morgan fingerprint density at radius 2 is 2.22 bits per heavy atom. The number of nitrogens with one attached hydrogen (secondary N) is 1. The van der Waals surface area contributed by atoms with Crippen LogP contribution in [0.4, 0.5) is 0 Å². The number of aliphatic hydroxyl groups excluding tert-OH is 2. The molecule has 2 rings (SSSR count). The molecule has 10 nitrogen and oxygen atoms in total. The zero-order valence-corrected chi connectivity index (χ0v) is 12.5. The molecule has 0 aromatic carbocycles. The molecule has 0 radical (unpaired) electrons. The van der Waals surface area contributed by atoms with Gasteiger partial charge in [0, 0.05) is 18.5 Å². The van der Waals surface area contributed by atoms with Crippen molar-refractivity contribution >= 4 is 6.72 Å². The summed E-state index contributed by atoms with van der Waals surface area (Å²) < 4.78 is 12.1. The van der Waals surface area contributed by atoms with Gasteiger partial charge in [-0.2, -0.15) is 0 Å². The van der Waals surface area contributed by atoms with Crippen LogP contribution >= 0.6 is 0 Å². The minimum absolute atomic E-state index is 0.0653. The zero-order chi connectivity index (χ0) is 17.0. The lowest BCUT2D eigenvalue weighted by molar-refractivity contribution is -0.0842. The summed E-state index contributed by atoms with van der Waals surface area (Å²) in [6.07, 6.45) is -2.68. The topological polar surface area (TPSA) is 135 Å². The van der Waals surface area contributed by atoms with Crippen molar-refractivity contribution in [3.8, 4) is 0 Å². The Labute approximate surface area is 130 Å². The van der Waals surface area contributed by atoms with Gasteiger partial charge in [0.2, 0.25) is 0 Å². The maximum Gasteiger partial charge on any atom is 0.330 e. The smallest absolute Gasteiger partial charge is 0.330 e. The van der Waals surface area contributed by atoms with E-state index >= 15 is 0 Å². The number of oxime groups is 1. The predicted octanol–water partition coefficient (Wildman–Crippen LogP) is -1.89. The number of aliphatic hydroxyl groups is 2. The molecule has 1 aromatic rings. The molecule has 1 fully saturated rings. The first-order valence-electron chi connectivity index (χ1n) is 6.95. The van der Waals surface area contributed by atoms with Crippen molar-refractivity contribution in [2.24, 2.45) is 5.16 Å². The summed E-state index contributed by atoms with van der Waals surface area (Å²) in [4.78, 5) is 30.3. The maximum atomic E-state index is 12.0. The molecule has 0 bridgehead atoms. The van der Waals surface area contributed by atoms with Crippen molar-refractivity contribution in [2.45, 2.75) is 31.5 Å². The number of rotatable bonds is 7. The molecule has 0 amide bonds. The summed E-state index contributed by atoms with van der Waals surface area (Å²) in [7, 11) is 0. The monoisotopic (exact) mass is 329 g/mol. The first-order chi connectivity index (χ1) is 11.0. The lowest BCUT2D eigenvalue weighted by Crippen LogP contribution is -2.40. The average Bonchev–Trinajstić information content (AvgIpc) is 2.83. The molecule has 0 saturated carbocycles. The molecular weight excluding hydrogens is 310 g/mol. The highest BCUT2D eigenvalue weighted by Crippen LogP contribution is 2.30. The van der Waals surface area contributed by atoms with E-state index in [1.54, 1.807) is 0 Å². The van der Waals surface area contributed by atoms with E-state index in [9.17, 15) is 19.8 Å². The molecule has 1 aliphatic heterocycles. The molecule has 128 valence electrons. The maximum absolute atomic E-state index is 12.0. The lowest BCUT2D eigenvalue weighted by Gasteiger charge is -2.22. The van der Waals surface area contributed by atoms with Crippen LogP contribution in [0.15, 0.2) is 20.9 Å². The van der Waals surface area contributed by atoms with Crippen molar-refractivity contribution in [2.75, 3.05) is 19.8 Å². The number of aromatic amines is 1. The highest BCUT2D eigenvalue weighted by Gasteiger charge is 2.45. The number of aryl methyl sites for hydroxylation is 1. The molecule has 2 heterocycles. The summed E-state index contributed by atoms with van der Waals surface area (Å²) in [5, 5.41) is 22.6. The van der Waals surface area contributed by atoms with Crippen LogP contribution in [-0.4, -0.2) is 64.6 Å². The summed E-state index contributed by atoms with van der Waals surface area (Å²) in [5.41, 5.74) is -0.909. The van der Waals surface area contributed by atoms with Gasteiger partial charge < -0.3 is 24.5 Å². The van der Waals surface area contributed by atoms with Crippen molar-refractivity contribution in [3.63, 3.8) is 0 Å². The molecule has 1 aromatic heterocycles. The van der Waals surface area contributed by atoms with Crippen LogP contribution < -0.4 is 11.2 Å². The normalized spacial score (nSPS) is 27.1. The Balaban J connectivity index is 2.26. The first-order valence-corrected chi connectivity index (χ1v) is 6.95. The minimum Gasteiger partial charge on any atom is -0.394 e. The van der Waals surface area contributed by atoms with Crippen molar-refractivity contribution < 1.29 is 24.5 Å². The number of H-pyrrole nitrogens is 1. The second kappa shape index (κ2) is 7.51. The SMILES string of the molecule is C=NOCCO[C@@H]1[C@H](O)[C@@H](CO)O[C@H]1n1cc(C)c(=O)[nH]c1=O. The number of nitrogens with zero attached hydrogens (tertiary/aromatic N) is 2. The van der Waals surface area contributed by atoms with Gasteiger partial charge in [0.25, 0.3) is 5.56 Å². The molecule has 0 aliphatic carbocycles. The van der Waals surface area contributed by atoms with Crippen molar-refractivity contribution in [1.82, 2.24) is 9.55 Å². The molecule has 0 spiro atoms. The van der Waals surface area contributed by atoms with E-state index in [0.717, 1.165) is 4.57 Å². The van der Waals surface area contributed by atoms with Crippen LogP contribution in [-0.2, 0) is 14.3 Å². The van der Waals surface area contributed by atoms with Gasteiger partial charge >= 0.3 is 5.69 Å². The van der Waals surface area contributed by atoms with Gasteiger partial charge in [0.05, 0.1) is 13.2 Å². The molecular formula is C13H19N3O7. The van der Waals surface area contributed by atoms with Gasteiger partial charge in [-0.3, -0.25) is 14.3 Å². The summed E-state index contributed by atoms with van der Waals surface area (Å²) in [5.74, 6) is 0. The van der Waals surface area contributed by atoms with E-state index in [0.29, 0.717) is 5.56 Å². The highest BCUT2D eigenvalue weighted by molar-refractivity contribution is 5.21. The van der Waals surface area contributed by atoms with E-state index in [4.69, 9.17) is 9.47 Å². The third-order valence-electron chi connectivity index (χ3n) is 3.49. The van der Waals surface area contributed by atoms with E-state index in [2.05, 4.69) is 21.7 Å². The Hall–Kier alpha value is -2.01. The van der Waals surface area contributed by atoms with Gasteiger partial charge in [-0.25, -0.2) is 4.79 Å². The molecule has 1 aliphatic rings. The van der Waals surface area contributed by atoms with Crippen molar-refractivity contribution in [1.29, 1.82) is 0 Å². The number of hydrogen-bond donors (Lipinski definition) is 3. The van der Waals surface area contributed by atoms with Crippen LogP contribution in [0.1, 0.15) is 11.8 Å². The lowest BCUT2D eigenvalue weighted by atomic mass is 10.1. The summed E-state index contributed by atoms with van der Waals surface area (Å²) in [6, 6.07) is 0. The minimum atomic E-state index is -1.15. The number of ether oxygens (including phenoxy) is 2. The van der Waals surface area contributed by atoms with E-state index in [-0.39, 0.29) is 13.2 Å². The first kappa shape index (κ1) is 17.3. The average molecular weight is 329 g/mol. The predicted molar refractivity (Wildman–Crippen MR) is 78.3 cm³/mol. The van der Waals surface area contributed by atoms with Gasteiger partial charge in [-0.1, -0.05) is 0 Å². The van der Waals surface area contributed by atoms with Crippen LogP contribution in [0.3, 0.4) is 0 Å². The third-order valence-corrected chi connectivity index (χ3v) is 3.49. The van der Waals surface area contributed by atoms with Crippen LogP contribution in [0.5, 0.6) is 0 Å². The van der Waals surface area contributed by atoms with Crippen molar-refractivity contribution in [3.05, 3.63) is 32.6 Å². The van der Waals surface area contributed by atoms with Gasteiger partial charge in [0.1, 0.15) is 24.9 Å². The fourth-order valence-corrected chi connectivity index (χ4v) is 2.33. The second-order valence-electron chi connectivity index (χ2n) is 5.01. The molecule has 0 unspecified atom stereocenters. The number of aromatic nitrogens is 2. The fourth-order valence-electron chi connectivity index (χ4n) is 2.33.